The van der Waals surface area contributed by atoms with E-state index < -0.39 is 6.04 Å². The Morgan fingerprint density at radius 2 is 1.95 bits per heavy atom. The molecule has 0 fully saturated rings. The molecule has 1 aromatic heterocycles. The molecule has 0 aliphatic heterocycles. The summed E-state index contributed by atoms with van der Waals surface area (Å²) in [6.45, 7) is 5.48. The summed E-state index contributed by atoms with van der Waals surface area (Å²) >= 11 is 0. The zero-order chi connectivity index (χ0) is 14.4. The molecule has 1 heterocycles. The number of hydrogen-bond acceptors (Lipinski definition) is 4. The van der Waals surface area contributed by atoms with E-state index in [0.29, 0.717) is 5.82 Å². The Morgan fingerprint density at radius 3 is 2.48 bits per heavy atom. The van der Waals surface area contributed by atoms with E-state index in [1.165, 1.54) is 0 Å². The number of aromatic nitrogens is 1. The molecule has 0 aliphatic rings. The van der Waals surface area contributed by atoms with Gasteiger partial charge in [0.05, 0.1) is 12.6 Å². The summed E-state index contributed by atoms with van der Waals surface area (Å²) in [5.41, 5.74) is 6.66. The van der Waals surface area contributed by atoms with Crippen LogP contribution in [-0.4, -0.2) is 29.4 Å². The lowest BCUT2D eigenvalue weighted by atomic mass is 10.1. The second-order valence-electron chi connectivity index (χ2n) is 4.75. The highest BCUT2D eigenvalue weighted by Gasteiger charge is 2.17. The van der Waals surface area contributed by atoms with Crippen LogP contribution in [0.15, 0.2) is 18.3 Å². The minimum atomic E-state index is -0.607. The maximum absolute atomic E-state index is 11.6. The molecule has 6 nitrogen and oxygen atoms in total. The fourth-order valence-electron chi connectivity index (χ4n) is 1.38. The maximum Gasteiger partial charge on any atom is 0.244 e. The van der Waals surface area contributed by atoms with Crippen LogP contribution in [0.1, 0.15) is 19.4 Å². The van der Waals surface area contributed by atoms with Gasteiger partial charge in [0.15, 0.2) is 0 Å². The molecule has 0 saturated heterocycles. The maximum atomic E-state index is 11.6. The summed E-state index contributed by atoms with van der Waals surface area (Å²) in [7, 11) is 0. The first-order valence-electron chi connectivity index (χ1n) is 6.16. The van der Waals surface area contributed by atoms with Crippen LogP contribution in [0, 0.1) is 12.8 Å². The van der Waals surface area contributed by atoms with Crippen LogP contribution >= 0.6 is 24.8 Å². The highest BCUT2D eigenvalue weighted by molar-refractivity contribution is 5.94. The van der Waals surface area contributed by atoms with Crippen LogP contribution in [0.4, 0.5) is 5.82 Å². The van der Waals surface area contributed by atoms with E-state index in [1.54, 1.807) is 12.3 Å². The van der Waals surface area contributed by atoms with Crippen molar-refractivity contribution in [3.05, 3.63) is 23.9 Å². The van der Waals surface area contributed by atoms with Crippen molar-refractivity contribution < 1.29 is 9.59 Å². The van der Waals surface area contributed by atoms with Crippen LogP contribution in [0.3, 0.4) is 0 Å². The number of nitrogens with one attached hydrogen (secondary N) is 2. The van der Waals surface area contributed by atoms with E-state index in [0.717, 1.165) is 5.56 Å². The Kier molecular flexibility index (Phi) is 10.8. The monoisotopic (exact) mass is 336 g/mol. The molecule has 120 valence electrons. The normalized spacial score (nSPS) is 10.9. The average Bonchev–Trinajstić information content (AvgIpc) is 2.34. The summed E-state index contributed by atoms with van der Waals surface area (Å²) < 4.78 is 0. The zero-order valence-electron chi connectivity index (χ0n) is 12.3. The number of amides is 2. The Hall–Kier alpha value is -1.37. The highest BCUT2D eigenvalue weighted by atomic mass is 35.5. The summed E-state index contributed by atoms with van der Waals surface area (Å²) in [6, 6.07) is 2.98. The number of anilines is 1. The lowest BCUT2D eigenvalue weighted by molar-refractivity contribution is -0.125. The quantitative estimate of drug-likeness (QED) is 0.754. The van der Waals surface area contributed by atoms with E-state index >= 15 is 0 Å². The molecule has 0 spiro atoms. The van der Waals surface area contributed by atoms with Crippen molar-refractivity contribution in [3.63, 3.8) is 0 Å². The van der Waals surface area contributed by atoms with Gasteiger partial charge in [0.25, 0.3) is 0 Å². The fraction of sp³-hybridized carbons (Fsp3) is 0.462. The van der Waals surface area contributed by atoms with Crippen LogP contribution < -0.4 is 16.4 Å². The van der Waals surface area contributed by atoms with Gasteiger partial charge >= 0.3 is 0 Å². The van der Waals surface area contributed by atoms with E-state index in [-0.39, 0.29) is 49.1 Å². The van der Waals surface area contributed by atoms with Crippen molar-refractivity contribution in [1.29, 1.82) is 0 Å². The minimum Gasteiger partial charge on any atom is -0.346 e. The van der Waals surface area contributed by atoms with Crippen LogP contribution in [0.25, 0.3) is 0 Å². The van der Waals surface area contributed by atoms with Crippen molar-refractivity contribution in [2.45, 2.75) is 26.8 Å². The number of rotatable bonds is 5. The van der Waals surface area contributed by atoms with Gasteiger partial charge in [-0.15, -0.1) is 24.8 Å². The van der Waals surface area contributed by atoms with Crippen LogP contribution in [0.2, 0.25) is 0 Å². The molecule has 0 aromatic carbocycles. The molecule has 21 heavy (non-hydrogen) atoms. The van der Waals surface area contributed by atoms with E-state index in [4.69, 9.17) is 5.73 Å². The third-order valence-electron chi connectivity index (χ3n) is 2.63. The van der Waals surface area contributed by atoms with Gasteiger partial charge in [-0.1, -0.05) is 13.8 Å². The van der Waals surface area contributed by atoms with Gasteiger partial charge in [-0.2, -0.15) is 0 Å². The van der Waals surface area contributed by atoms with Crippen LogP contribution in [-0.2, 0) is 9.59 Å². The molecule has 0 bridgehead atoms. The second kappa shape index (κ2) is 10.4. The molecule has 0 saturated carbocycles. The lowest BCUT2D eigenvalue weighted by Gasteiger charge is -2.15. The smallest absolute Gasteiger partial charge is 0.244 e. The molecular weight excluding hydrogens is 315 g/mol. The van der Waals surface area contributed by atoms with Crippen LogP contribution in [0.5, 0.6) is 0 Å². The minimum absolute atomic E-state index is 0. The van der Waals surface area contributed by atoms with Gasteiger partial charge in [-0.25, -0.2) is 4.98 Å². The lowest BCUT2D eigenvalue weighted by Crippen LogP contribution is -2.46. The molecule has 0 aliphatic carbocycles. The summed E-state index contributed by atoms with van der Waals surface area (Å²) in [6.07, 6.45) is 1.61. The molecule has 2 amide bonds. The number of carbonyl (C=O) groups is 2. The summed E-state index contributed by atoms with van der Waals surface area (Å²) in [5, 5.41) is 5.10. The zero-order valence-corrected chi connectivity index (χ0v) is 13.9. The first-order chi connectivity index (χ1) is 8.90. The molecule has 1 atom stereocenters. The molecule has 8 heteroatoms. The third kappa shape index (κ3) is 7.84. The Bertz CT molecular complexity index is 469. The van der Waals surface area contributed by atoms with Gasteiger partial charge in [0, 0.05) is 6.20 Å². The predicted octanol–water partition coefficient (Wildman–Crippen LogP) is 1.27. The van der Waals surface area contributed by atoms with Crippen molar-refractivity contribution >= 4 is 42.4 Å². The van der Waals surface area contributed by atoms with Crippen molar-refractivity contribution in [2.75, 3.05) is 11.9 Å². The molecule has 1 aromatic rings. The number of halogens is 2. The highest BCUT2D eigenvalue weighted by Crippen LogP contribution is 2.04. The fourth-order valence-corrected chi connectivity index (χ4v) is 1.38. The topological polar surface area (TPSA) is 97.1 Å². The molecule has 0 radical (unpaired) electrons. The van der Waals surface area contributed by atoms with Gasteiger partial charge in [-0.3, -0.25) is 9.59 Å². The van der Waals surface area contributed by atoms with Crippen molar-refractivity contribution in [2.24, 2.45) is 11.7 Å². The molecule has 0 unspecified atom stereocenters. The Morgan fingerprint density at radius 1 is 1.33 bits per heavy atom. The number of pyridine rings is 1. The first-order valence-corrected chi connectivity index (χ1v) is 6.16. The Balaban J connectivity index is 0. The number of aryl methyl sites for hydroxylation is 1. The van der Waals surface area contributed by atoms with Gasteiger partial charge in [-0.05, 0) is 30.5 Å². The van der Waals surface area contributed by atoms with E-state index in [1.807, 2.05) is 26.8 Å². The average molecular weight is 337 g/mol. The van der Waals surface area contributed by atoms with Crippen molar-refractivity contribution in [1.82, 2.24) is 10.3 Å². The first kappa shape index (κ1) is 21.9. The molecule has 4 N–H and O–H groups in total. The number of nitrogens with two attached hydrogens (primary N) is 1. The third-order valence-corrected chi connectivity index (χ3v) is 2.63. The summed E-state index contributed by atoms with van der Waals surface area (Å²) in [4.78, 5) is 27.2. The van der Waals surface area contributed by atoms with Crippen molar-refractivity contribution in [3.8, 4) is 0 Å². The standard InChI is InChI=1S/C13H20N4O2.2ClH/c1-8(2)12(14)13(19)16-7-11(18)17-10-6-9(3)4-5-15-10;;/h4-6,8,12H,7,14H2,1-3H3,(H,16,19)(H,15,17,18);2*1H/t12-;;/m0../s1. The summed E-state index contributed by atoms with van der Waals surface area (Å²) in [5.74, 6) is -0.168. The molecule has 1 rings (SSSR count). The number of carbonyl (C=O) groups excluding carboxylic acids is 2. The van der Waals surface area contributed by atoms with Gasteiger partial charge < -0.3 is 16.4 Å². The van der Waals surface area contributed by atoms with Gasteiger partial charge in [0.1, 0.15) is 5.82 Å². The second-order valence-corrected chi connectivity index (χ2v) is 4.75. The largest absolute Gasteiger partial charge is 0.346 e. The van der Waals surface area contributed by atoms with E-state index in [9.17, 15) is 9.59 Å². The Labute approximate surface area is 137 Å². The van der Waals surface area contributed by atoms with E-state index in [2.05, 4.69) is 15.6 Å². The predicted molar refractivity (Wildman–Crippen MR) is 87.9 cm³/mol. The number of hydrogen-bond donors (Lipinski definition) is 3. The SMILES string of the molecule is Cc1ccnc(NC(=O)CNC(=O)[C@@H](N)C(C)C)c1.Cl.Cl. The molecular formula is C13H22Cl2N4O2. The number of nitrogens with zero attached hydrogens (tertiary/aromatic N) is 1. The van der Waals surface area contributed by atoms with Gasteiger partial charge in [0.2, 0.25) is 11.8 Å².